The molecule has 0 fully saturated rings. The summed E-state index contributed by atoms with van der Waals surface area (Å²) in [6.45, 7) is 4.28. The van der Waals surface area contributed by atoms with Gasteiger partial charge in [0.2, 0.25) is 11.5 Å². The second kappa shape index (κ2) is 5.98. The zero-order valence-corrected chi connectivity index (χ0v) is 13.9. The first-order valence-electron chi connectivity index (χ1n) is 7.43. The first-order valence-corrected chi connectivity index (χ1v) is 7.43. The number of aromatic nitrogens is 4. The molecule has 0 saturated heterocycles. The van der Waals surface area contributed by atoms with Crippen molar-refractivity contribution in [3.63, 3.8) is 0 Å². The fraction of sp³-hybridized carbons (Fsp3) is 0.312. The van der Waals surface area contributed by atoms with Gasteiger partial charge in [-0.3, -0.25) is 0 Å². The smallest absolute Gasteiger partial charge is 0.243 e. The number of nitrogen functional groups attached to an aromatic ring is 1. The molecule has 0 amide bonds. The van der Waals surface area contributed by atoms with Crippen molar-refractivity contribution < 1.29 is 13.8 Å². The molecule has 0 unspecified atom stereocenters. The molecular formula is C16H15FN6O2. The van der Waals surface area contributed by atoms with Crippen molar-refractivity contribution in [1.82, 2.24) is 20.3 Å². The van der Waals surface area contributed by atoms with Crippen LogP contribution in [0.3, 0.4) is 0 Å². The fourth-order valence-corrected chi connectivity index (χ4v) is 2.40. The number of nitrogens with two attached hydrogens (primary N) is 1. The molecule has 128 valence electrons. The molecule has 0 aliphatic rings. The number of nitriles is 1. The summed E-state index contributed by atoms with van der Waals surface area (Å²) in [5.74, 6) is -1.83. The third-order valence-corrected chi connectivity index (χ3v) is 3.49. The van der Waals surface area contributed by atoms with Crippen molar-refractivity contribution in [2.45, 2.75) is 33.0 Å². The number of rotatable bonds is 4. The monoisotopic (exact) mass is 342 g/mol. The third kappa shape index (κ3) is 3.33. The van der Waals surface area contributed by atoms with Crippen LogP contribution >= 0.6 is 0 Å². The van der Waals surface area contributed by atoms with Crippen LogP contribution in [0.1, 0.15) is 36.5 Å². The molecule has 0 saturated carbocycles. The van der Waals surface area contributed by atoms with Crippen LogP contribution in [0.5, 0.6) is 5.75 Å². The summed E-state index contributed by atoms with van der Waals surface area (Å²) in [5, 5.41) is 16.7. The first-order chi connectivity index (χ1) is 11.8. The van der Waals surface area contributed by atoms with E-state index >= 15 is 0 Å². The summed E-state index contributed by atoms with van der Waals surface area (Å²) in [5.41, 5.74) is 9.16. The molecule has 8 nitrogen and oxygen atoms in total. The minimum Gasteiger partial charge on any atom is -0.455 e. The second-order valence-corrected chi connectivity index (χ2v) is 5.93. The van der Waals surface area contributed by atoms with Crippen LogP contribution in [-0.4, -0.2) is 26.1 Å². The molecule has 3 aromatic heterocycles. The third-order valence-electron chi connectivity index (χ3n) is 3.49. The van der Waals surface area contributed by atoms with Crippen LogP contribution in [0.2, 0.25) is 0 Å². The Bertz CT molecular complexity index is 987. The lowest BCUT2D eigenvalue weighted by Crippen LogP contribution is -2.22. The minimum atomic E-state index is -1.91. The van der Waals surface area contributed by atoms with Crippen LogP contribution in [0.4, 0.5) is 10.1 Å². The number of alkyl halides is 1. The van der Waals surface area contributed by atoms with E-state index < -0.39 is 5.85 Å². The fourth-order valence-electron chi connectivity index (χ4n) is 2.40. The number of fused-ring (bicyclic) bond motifs is 1. The highest BCUT2D eigenvalue weighted by Gasteiger charge is 2.21. The van der Waals surface area contributed by atoms with Crippen molar-refractivity contribution in [3.05, 3.63) is 34.8 Å². The van der Waals surface area contributed by atoms with Crippen LogP contribution in [0.15, 0.2) is 16.8 Å². The molecule has 0 spiro atoms. The van der Waals surface area contributed by atoms with E-state index in [1.165, 1.54) is 19.9 Å². The van der Waals surface area contributed by atoms with Gasteiger partial charge in [0.15, 0.2) is 17.0 Å². The summed E-state index contributed by atoms with van der Waals surface area (Å²) in [7, 11) is 0. The van der Waals surface area contributed by atoms with Gasteiger partial charge in [-0.25, -0.2) is 14.6 Å². The quantitative estimate of drug-likeness (QED) is 0.766. The highest BCUT2D eigenvalue weighted by atomic mass is 19.2. The lowest BCUT2D eigenvalue weighted by Gasteiger charge is -2.18. The summed E-state index contributed by atoms with van der Waals surface area (Å²) < 4.78 is 23.4. The molecule has 0 aliphatic carbocycles. The van der Waals surface area contributed by atoms with E-state index in [0.29, 0.717) is 40.2 Å². The van der Waals surface area contributed by atoms with Crippen molar-refractivity contribution >= 4 is 16.9 Å². The van der Waals surface area contributed by atoms with Gasteiger partial charge < -0.3 is 10.5 Å². The van der Waals surface area contributed by atoms with E-state index in [9.17, 15) is 9.65 Å². The Morgan fingerprint density at radius 3 is 2.76 bits per heavy atom. The molecule has 0 aliphatic heterocycles. The van der Waals surface area contributed by atoms with Crippen LogP contribution in [0.25, 0.3) is 11.2 Å². The average Bonchev–Trinajstić information content (AvgIpc) is 2.99. The van der Waals surface area contributed by atoms with Gasteiger partial charge in [-0.1, -0.05) is 0 Å². The zero-order chi connectivity index (χ0) is 18.2. The van der Waals surface area contributed by atoms with Crippen molar-refractivity contribution in [3.8, 4) is 11.8 Å². The van der Waals surface area contributed by atoms with Gasteiger partial charge in [0.25, 0.3) is 0 Å². The van der Waals surface area contributed by atoms with Gasteiger partial charge in [-0.15, -0.1) is 0 Å². The summed E-state index contributed by atoms with van der Waals surface area (Å²) in [6.07, 6.45) is 0.321. The number of nitrogens with zero attached hydrogens (tertiary/aromatic N) is 5. The van der Waals surface area contributed by atoms with Gasteiger partial charge in [0.05, 0.1) is 5.69 Å². The number of hydrogen-bond donors (Lipinski definition) is 1. The lowest BCUT2D eigenvalue weighted by molar-refractivity contribution is -0.0262. The highest BCUT2D eigenvalue weighted by molar-refractivity contribution is 5.85. The Morgan fingerprint density at radius 2 is 2.08 bits per heavy atom. The van der Waals surface area contributed by atoms with E-state index in [0.717, 1.165) is 0 Å². The molecule has 3 heterocycles. The molecule has 0 atom stereocenters. The summed E-state index contributed by atoms with van der Waals surface area (Å²) in [6, 6.07) is 5.07. The Balaban J connectivity index is 1.98. The van der Waals surface area contributed by atoms with Crippen LogP contribution in [0, 0.1) is 18.3 Å². The maximum Gasteiger partial charge on any atom is 0.243 e. The minimum absolute atomic E-state index is 0.00316. The van der Waals surface area contributed by atoms with E-state index in [4.69, 9.17) is 10.5 Å². The molecule has 3 aromatic rings. The predicted octanol–water partition coefficient (Wildman–Crippen LogP) is 2.45. The van der Waals surface area contributed by atoms with Gasteiger partial charge in [-0.2, -0.15) is 9.65 Å². The number of ether oxygens (including phenoxy) is 1. The van der Waals surface area contributed by atoms with E-state index in [-0.39, 0.29) is 11.4 Å². The van der Waals surface area contributed by atoms with Gasteiger partial charge in [-0.05, 0) is 29.4 Å². The zero-order valence-electron chi connectivity index (χ0n) is 13.9. The standard InChI is InChI=1S/C16H15FN6O2/c1-8-10(13(19)14-15(20-8)23-25-22-14)6-9-4-5-12(11(7-18)21-9)24-16(2,3)17/h4-5H,6,19H2,1-3H3. The summed E-state index contributed by atoms with van der Waals surface area (Å²) in [4.78, 5) is 8.51. The molecule has 0 bridgehead atoms. The molecule has 25 heavy (non-hydrogen) atoms. The topological polar surface area (TPSA) is 124 Å². The first kappa shape index (κ1) is 16.6. The molecule has 0 aromatic carbocycles. The number of halogens is 1. The number of hydrogen-bond acceptors (Lipinski definition) is 8. The largest absolute Gasteiger partial charge is 0.455 e. The number of aryl methyl sites for hydroxylation is 1. The molecule has 0 radical (unpaired) electrons. The SMILES string of the molecule is Cc1nc2nonc2c(N)c1Cc1ccc(OC(C)(C)F)c(C#N)n1. The van der Waals surface area contributed by atoms with Gasteiger partial charge >= 0.3 is 0 Å². The van der Waals surface area contributed by atoms with E-state index in [2.05, 4.69) is 24.9 Å². The summed E-state index contributed by atoms with van der Waals surface area (Å²) >= 11 is 0. The normalized spacial score (nSPS) is 11.5. The number of anilines is 1. The van der Waals surface area contributed by atoms with Gasteiger partial charge in [0.1, 0.15) is 6.07 Å². The van der Waals surface area contributed by atoms with Crippen molar-refractivity contribution in [2.24, 2.45) is 0 Å². The Morgan fingerprint density at radius 1 is 1.32 bits per heavy atom. The Hall–Kier alpha value is -3.28. The molecule has 2 N–H and O–H groups in total. The highest BCUT2D eigenvalue weighted by Crippen LogP contribution is 2.27. The average molecular weight is 342 g/mol. The maximum atomic E-state index is 13.7. The lowest BCUT2D eigenvalue weighted by atomic mass is 10.0. The Labute approximate surface area is 142 Å². The van der Waals surface area contributed by atoms with Gasteiger partial charge in [0, 0.05) is 37.2 Å². The van der Waals surface area contributed by atoms with Crippen molar-refractivity contribution in [1.29, 1.82) is 5.26 Å². The molecular weight excluding hydrogens is 327 g/mol. The van der Waals surface area contributed by atoms with Crippen LogP contribution in [-0.2, 0) is 6.42 Å². The second-order valence-electron chi connectivity index (χ2n) is 5.93. The van der Waals surface area contributed by atoms with E-state index in [1.54, 1.807) is 13.0 Å². The Kier molecular flexibility index (Phi) is 3.96. The number of pyridine rings is 2. The van der Waals surface area contributed by atoms with Crippen LogP contribution < -0.4 is 10.5 Å². The predicted molar refractivity (Wildman–Crippen MR) is 86.3 cm³/mol. The maximum absolute atomic E-state index is 13.7. The van der Waals surface area contributed by atoms with E-state index in [1.807, 2.05) is 6.07 Å². The van der Waals surface area contributed by atoms with Crippen molar-refractivity contribution in [2.75, 3.05) is 5.73 Å². The molecule has 9 heteroatoms. The molecule has 3 rings (SSSR count).